The molecule has 1 unspecified atom stereocenters. The van der Waals surface area contributed by atoms with Crippen LogP contribution in [0.5, 0.6) is 0 Å². The highest BCUT2D eigenvalue weighted by atomic mass is 16.7. The Labute approximate surface area is 287 Å². The van der Waals surface area contributed by atoms with E-state index in [0.29, 0.717) is 51.1 Å². The summed E-state index contributed by atoms with van der Waals surface area (Å²) in [5.74, 6) is -1.06. The molecular formula is C36H62N4O8. The maximum atomic E-state index is 13.9. The van der Waals surface area contributed by atoms with E-state index in [1.165, 1.54) is 0 Å². The third-order valence-electron chi connectivity index (χ3n) is 11.0. The van der Waals surface area contributed by atoms with Crippen molar-refractivity contribution >= 4 is 17.8 Å². The number of nitrogens with zero attached hydrogens (tertiary/aromatic N) is 3. The van der Waals surface area contributed by atoms with Crippen LogP contribution in [0.3, 0.4) is 0 Å². The average molecular weight is 679 g/mol. The normalized spacial score (nSPS) is 42.3. The molecule has 0 saturated carbocycles. The molecule has 0 aromatic rings. The van der Waals surface area contributed by atoms with Gasteiger partial charge >= 0.3 is 12.1 Å². The minimum Gasteiger partial charge on any atom is -0.455 e. The maximum absolute atomic E-state index is 13.9. The van der Waals surface area contributed by atoms with Gasteiger partial charge in [0.25, 0.3) is 0 Å². The molecule has 2 saturated heterocycles. The van der Waals surface area contributed by atoms with E-state index < -0.39 is 47.9 Å². The Hall–Kier alpha value is -2.09. The number of ether oxygens (including phenoxy) is 5. The molecule has 2 fully saturated rings. The molecule has 0 aromatic heterocycles. The van der Waals surface area contributed by atoms with Crippen molar-refractivity contribution in [3.05, 3.63) is 11.6 Å². The Morgan fingerprint density at radius 3 is 2.54 bits per heavy atom. The molecule has 0 aliphatic carbocycles. The molecule has 48 heavy (non-hydrogen) atoms. The van der Waals surface area contributed by atoms with Crippen molar-refractivity contribution in [2.45, 2.75) is 135 Å². The number of carbonyl (C=O) groups excluding carboxylic acids is 2. The van der Waals surface area contributed by atoms with E-state index in [0.717, 1.165) is 12.1 Å². The molecular weight excluding hydrogens is 616 g/mol. The lowest BCUT2D eigenvalue weighted by molar-refractivity contribution is -0.296. The molecule has 0 spiro atoms. The van der Waals surface area contributed by atoms with Crippen molar-refractivity contribution in [1.29, 1.82) is 0 Å². The van der Waals surface area contributed by atoms with Gasteiger partial charge in [0.2, 0.25) is 0 Å². The summed E-state index contributed by atoms with van der Waals surface area (Å²) in [6.45, 7) is 17.9. The van der Waals surface area contributed by atoms with Gasteiger partial charge < -0.3 is 39.0 Å². The predicted molar refractivity (Wildman–Crippen MR) is 184 cm³/mol. The van der Waals surface area contributed by atoms with Gasteiger partial charge in [-0.05, 0) is 74.0 Å². The van der Waals surface area contributed by atoms with Gasteiger partial charge in [0.15, 0.2) is 11.9 Å². The number of hydrogen-bond acceptors (Lipinski definition) is 11. The summed E-state index contributed by atoms with van der Waals surface area (Å²) in [5, 5.41) is 14.7. The second-order valence-corrected chi connectivity index (χ2v) is 15.2. The highest BCUT2D eigenvalue weighted by Crippen LogP contribution is 2.44. The number of esters is 1. The lowest BCUT2D eigenvalue weighted by Gasteiger charge is -2.47. The fourth-order valence-electron chi connectivity index (χ4n) is 8.66. The number of aliphatic imine (C=N–C) groups is 1. The molecule has 0 aromatic carbocycles. The zero-order valence-electron chi connectivity index (χ0n) is 31.2. The standard InChI is InChI=1S/C36H62N4O8/c1-12-13-27-36(8)30-25(6)28(38-14-16-40(30)34(43)48-36)23(4)20-35(7,44-17-15-37-9)31(21(2)18-22(3)32(42)46-27)47-33-29(41)26(39(10)11)19-24(5)45-33/h18,21,23-27,29-31,33,37,41H,12-17,19-20H2,1-11H3/b22-18+/t21-,23+,24-,25+,26+,27-,29-,30+,31+,33?,35-,36+/m0/s1. The third-order valence-corrected chi connectivity index (χ3v) is 11.0. The molecule has 12 atom stereocenters. The van der Waals surface area contributed by atoms with E-state index >= 15 is 0 Å². The fraction of sp³-hybridized carbons (Fsp3) is 0.861. The summed E-state index contributed by atoms with van der Waals surface area (Å²) < 4.78 is 32.4. The largest absolute Gasteiger partial charge is 0.455 e. The number of aliphatic hydroxyl groups is 1. The summed E-state index contributed by atoms with van der Waals surface area (Å²) >= 11 is 0. The van der Waals surface area contributed by atoms with Crippen molar-refractivity contribution in [1.82, 2.24) is 15.1 Å². The van der Waals surface area contributed by atoms with Gasteiger partial charge in [-0.15, -0.1) is 0 Å². The van der Waals surface area contributed by atoms with Crippen molar-refractivity contribution in [3.8, 4) is 0 Å². The van der Waals surface area contributed by atoms with Gasteiger partial charge in [-0.3, -0.25) is 9.89 Å². The predicted octanol–water partition coefficient (Wildman–Crippen LogP) is 3.80. The molecule has 2 bridgehead atoms. The smallest absolute Gasteiger partial charge is 0.410 e. The molecule has 4 rings (SSSR count). The lowest BCUT2D eigenvalue weighted by Crippen LogP contribution is -2.59. The minimum atomic E-state index is -1.06. The second-order valence-electron chi connectivity index (χ2n) is 15.2. The van der Waals surface area contributed by atoms with Gasteiger partial charge in [0, 0.05) is 42.3 Å². The SMILES string of the molecule is CCC[C@@H]1OC(=O)/C(C)=C/[C@H](C)[C@@H](OC2O[C@@H](C)C[C@@H](N(C)C)[C@@H]2O)[C@@](C)(OCCNC)C[C@@H](C)C2=NCCN3C(=O)O[C@@]1(C)[C@H]3[C@@H]2C. The highest BCUT2D eigenvalue weighted by molar-refractivity contribution is 5.91. The maximum Gasteiger partial charge on any atom is 0.410 e. The molecule has 4 heterocycles. The van der Waals surface area contributed by atoms with Crippen molar-refractivity contribution < 1.29 is 38.4 Å². The van der Waals surface area contributed by atoms with Crippen LogP contribution >= 0.6 is 0 Å². The number of cyclic esters (lactones) is 1. The van der Waals surface area contributed by atoms with E-state index in [1.54, 1.807) is 11.8 Å². The van der Waals surface area contributed by atoms with E-state index in [9.17, 15) is 14.7 Å². The van der Waals surface area contributed by atoms with Crippen LogP contribution in [0.4, 0.5) is 4.79 Å². The van der Waals surface area contributed by atoms with Gasteiger partial charge in [0.05, 0.1) is 37.0 Å². The van der Waals surface area contributed by atoms with Crippen molar-refractivity contribution in [2.75, 3.05) is 47.4 Å². The number of aliphatic hydroxyl groups excluding tert-OH is 1. The Morgan fingerprint density at radius 2 is 1.90 bits per heavy atom. The van der Waals surface area contributed by atoms with Crippen LogP contribution in [-0.2, 0) is 28.5 Å². The molecule has 2 N–H and O–H groups in total. The van der Waals surface area contributed by atoms with Crippen LogP contribution in [0.2, 0.25) is 0 Å². The summed E-state index contributed by atoms with van der Waals surface area (Å²) in [5.41, 5.74) is -0.565. The number of likely N-dealkylation sites (N-methyl/N-ethyl adjacent to an activating group) is 2. The van der Waals surface area contributed by atoms with E-state index in [2.05, 4.69) is 19.2 Å². The Bertz CT molecular complexity index is 1200. The fourth-order valence-corrected chi connectivity index (χ4v) is 8.66. The lowest BCUT2D eigenvalue weighted by atomic mass is 9.73. The molecule has 12 heteroatoms. The first-order valence-electron chi connectivity index (χ1n) is 17.9. The molecule has 4 aliphatic heterocycles. The summed E-state index contributed by atoms with van der Waals surface area (Å²) in [6.07, 6.45) is 0.774. The zero-order chi connectivity index (χ0) is 35.6. The quantitative estimate of drug-likeness (QED) is 0.274. The molecule has 274 valence electrons. The molecule has 1 amide bonds. The first-order chi connectivity index (χ1) is 22.6. The second kappa shape index (κ2) is 15.9. The Morgan fingerprint density at radius 1 is 1.19 bits per heavy atom. The minimum absolute atomic E-state index is 0.0661. The molecule has 4 aliphatic rings. The average Bonchev–Trinajstić information content (AvgIpc) is 3.14. The summed E-state index contributed by atoms with van der Waals surface area (Å²) in [7, 11) is 5.78. The van der Waals surface area contributed by atoms with E-state index in [-0.39, 0.29) is 35.9 Å². The van der Waals surface area contributed by atoms with Crippen LogP contribution < -0.4 is 5.32 Å². The monoisotopic (exact) mass is 678 g/mol. The van der Waals surface area contributed by atoms with Gasteiger partial charge in [-0.2, -0.15) is 0 Å². The number of carbonyl (C=O) groups is 2. The van der Waals surface area contributed by atoms with E-state index in [4.69, 9.17) is 28.7 Å². The Balaban J connectivity index is 1.84. The van der Waals surface area contributed by atoms with Crippen LogP contribution in [0.1, 0.15) is 81.1 Å². The van der Waals surface area contributed by atoms with Gasteiger partial charge in [-0.25, -0.2) is 9.59 Å². The topological polar surface area (TPSA) is 131 Å². The first kappa shape index (κ1) is 38.7. The highest BCUT2D eigenvalue weighted by Gasteiger charge is 2.60. The molecule has 0 radical (unpaired) electrons. The first-order valence-corrected chi connectivity index (χ1v) is 17.9. The number of nitrogens with one attached hydrogen (secondary N) is 1. The van der Waals surface area contributed by atoms with Crippen LogP contribution in [0.25, 0.3) is 0 Å². The summed E-state index contributed by atoms with van der Waals surface area (Å²) in [4.78, 5) is 36.1. The number of hydrogen-bond donors (Lipinski definition) is 2. The Kier molecular flexibility index (Phi) is 12.8. The van der Waals surface area contributed by atoms with Gasteiger partial charge in [0.1, 0.15) is 12.2 Å². The van der Waals surface area contributed by atoms with Crippen molar-refractivity contribution in [2.24, 2.45) is 22.7 Å². The van der Waals surface area contributed by atoms with E-state index in [1.807, 2.05) is 66.7 Å². The number of amides is 1. The van der Waals surface area contributed by atoms with Crippen LogP contribution in [-0.4, -0.2) is 134 Å². The van der Waals surface area contributed by atoms with Crippen LogP contribution in [0, 0.1) is 17.8 Å². The summed E-state index contributed by atoms with van der Waals surface area (Å²) in [6, 6.07) is -0.525. The third kappa shape index (κ3) is 7.94. The molecule has 12 nitrogen and oxygen atoms in total. The van der Waals surface area contributed by atoms with Gasteiger partial charge in [-0.1, -0.05) is 40.2 Å². The number of fused-ring (bicyclic) bond motifs is 1. The van der Waals surface area contributed by atoms with Crippen LogP contribution in [0.15, 0.2) is 16.6 Å². The zero-order valence-corrected chi connectivity index (χ0v) is 31.2. The number of rotatable bonds is 9. The van der Waals surface area contributed by atoms with Crippen molar-refractivity contribution in [3.63, 3.8) is 0 Å².